The quantitative estimate of drug-likeness (QED) is 0.354. The van der Waals surface area contributed by atoms with E-state index in [0.29, 0.717) is 22.5 Å². The maximum atomic E-state index is 14.0. The second-order valence-corrected chi connectivity index (χ2v) is 11.1. The maximum Gasteiger partial charge on any atom is 0.431 e. The van der Waals surface area contributed by atoms with E-state index in [9.17, 15) is 31.5 Å². The largest absolute Gasteiger partial charge is 0.431 e. The lowest BCUT2D eigenvalue weighted by atomic mass is 9.90. The van der Waals surface area contributed by atoms with Crippen LogP contribution in [-0.2, 0) is 4.74 Å². The molecule has 3 amide bonds. The molecule has 2 fully saturated rings. The number of fused-ring (bicyclic) bond motifs is 1. The summed E-state index contributed by atoms with van der Waals surface area (Å²) in [6.07, 6.45) is -2.36. The van der Waals surface area contributed by atoms with Gasteiger partial charge in [-0.3, -0.25) is 4.79 Å². The molecule has 3 aromatic rings. The van der Waals surface area contributed by atoms with E-state index >= 15 is 0 Å². The van der Waals surface area contributed by atoms with Gasteiger partial charge in [0.25, 0.3) is 5.91 Å². The zero-order valence-electron chi connectivity index (χ0n) is 23.6. The van der Waals surface area contributed by atoms with Crippen LogP contribution in [0.25, 0.3) is 11.3 Å². The van der Waals surface area contributed by atoms with Gasteiger partial charge < -0.3 is 15.0 Å². The van der Waals surface area contributed by atoms with E-state index in [1.807, 2.05) is 0 Å². The number of hydrogen-bond donors (Lipinski definition) is 1. The minimum absolute atomic E-state index is 0.00453. The Balaban J connectivity index is 1.36. The first-order valence-corrected chi connectivity index (χ1v) is 13.9. The predicted octanol–water partition coefficient (Wildman–Crippen LogP) is 4.77. The van der Waals surface area contributed by atoms with Crippen LogP contribution in [0.2, 0.25) is 0 Å². The molecule has 4 heterocycles. The molecule has 1 aliphatic heterocycles. The van der Waals surface area contributed by atoms with Gasteiger partial charge in [-0.25, -0.2) is 27.7 Å². The summed E-state index contributed by atoms with van der Waals surface area (Å²) in [5, 5.41) is 14.9. The number of carbonyl (C=O) groups is 2. The van der Waals surface area contributed by atoms with Crippen molar-refractivity contribution in [1.29, 1.82) is 0 Å². The second-order valence-electron chi connectivity index (χ2n) is 11.1. The van der Waals surface area contributed by atoms with E-state index in [1.165, 1.54) is 17.8 Å². The maximum absolute atomic E-state index is 14.0. The molecular formula is C27H27F5N8O4. The topological polar surface area (TPSA) is 140 Å². The molecule has 234 valence electrons. The van der Waals surface area contributed by atoms with Gasteiger partial charge in [0, 0.05) is 31.4 Å². The van der Waals surface area contributed by atoms with Crippen LogP contribution in [0.4, 0.5) is 26.7 Å². The van der Waals surface area contributed by atoms with Gasteiger partial charge in [-0.05, 0) is 49.4 Å². The molecule has 17 heteroatoms. The van der Waals surface area contributed by atoms with Crippen molar-refractivity contribution >= 4 is 29.0 Å². The van der Waals surface area contributed by atoms with Gasteiger partial charge in [0.15, 0.2) is 11.3 Å². The third-order valence-electron chi connectivity index (χ3n) is 7.98. The molecule has 2 aliphatic carbocycles. The van der Waals surface area contributed by atoms with Gasteiger partial charge in [0.1, 0.15) is 17.1 Å². The summed E-state index contributed by atoms with van der Waals surface area (Å²) in [5.41, 5.74) is 1.22. The summed E-state index contributed by atoms with van der Waals surface area (Å²) >= 11 is 0. The summed E-state index contributed by atoms with van der Waals surface area (Å²) in [6.45, 7) is 0.713. The van der Waals surface area contributed by atoms with Crippen molar-refractivity contribution in [3.63, 3.8) is 0 Å². The number of hydrogen-bond acceptors (Lipinski definition) is 8. The number of aromatic nitrogens is 5. The van der Waals surface area contributed by atoms with Gasteiger partial charge in [-0.1, -0.05) is 5.16 Å². The van der Waals surface area contributed by atoms with Crippen molar-refractivity contribution in [2.24, 2.45) is 4.99 Å². The fraction of sp³-hybridized carbons (Fsp3) is 0.519. The van der Waals surface area contributed by atoms with Crippen molar-refractivity contribution in [3.05, 3.63) is 46.2 Å². The number of rotatable bonds is 8. The SMILES string of the molecule is COC[C@H](c1cc2nc(C(NC(=O)c3nonc3C3CC3)=C3CCC(F)(F)CC3)cn2nc1C)N1CC(C(F)(F)F)=NC1=O. The number of allylic oxidation sites excluding steroid dienone is 1. The highest BCUT2D eigenvalue weighted by atomic mass is 19.4. The van der Waals surface area contributed by atoms with Crippen molar-refractivity contribution < 1.29 is 40.9 Å². The van der Waals surface area contributed by atoms with E-state index in [4.69, 9.17) is 9.37 Å². The molecule has 0 spiro atoms. The molecule has 12 nitrogen and oxygen atoms in total. The molecule has 0 unspecified atom stereocenters. The van der Waals surface area contributed by atoms with Crippen LogP contribution in [0, 0.1) is 6.92 Å². The lowest BCUT2D eigenvalue weighted by Gasteiger charge is -2.27. The lowest BCUT2D eigenvalue weighted by molar-refractivity contribution is -0.0603. The molecule has 0 aromatic carbocycles. The van der Waals surface area contributed by atoms with Gasteiger partial charge in [0.05, 0.1) is 36.8 Å². The van der Waals surface area contributed by atoms with Crippen molar-refractivity contribution in [1.82, 2.24) is 35.1 Å². The standard InChI is InChI=1S/C27H27F5N8O4/c1-13-16(18(12-43-2)39-11-19(27(30,31)32)34-25(39)42)9-20-33-17(10-40(20)36-13)21(15-5-7-26(28,29)8-6-15)35-24(41)23-22(14-3-4-14)37-44-38-23/h9-10,14,18H,3-8,11-12H2,1-2H3,(H,35,41)/t18-/m1/s1. The Hall–Kier alpha value is -4.28. The minimum Gasteiger partial charge on any atom is -0.382 e. The molecule has 1 atom stereocenters. The zero-order valence-corrected chi connectivity index (χ0v) is 23.6. The number of ether oxygens (including phenoxy) is 1. The second kappa shape index (κ2) is 11.0. The fourth-order valence-corrected chi connectivity index (χ4v) is 5.48. The van der Waals surface area contributed by atoms with Gasteiger partial charge in [-0.2, -0.15) is 23.3 Å². The molecule has 44 heavy (non-hydrogen) atoms. The molecule has 2 saturated carbocycles. The van der Waals surface area contributed by atoms with Crippen LogP contribution in [0.15, 0.2) is 27.5 Å². The average molecular weight is 623 g/mol. The van der Waals surface area contributed by atoms with Gasteiger partial charge in [-0.15, -0.1) is 0 Å². The summed E-state index contributed by atoms with van der Waals surface area (Å²) in [7, 11) is 1.35. The van der Waals surface area contributed by atoms with Gasteiger partial charge >= 0.3 is 12.2 Å². The average Bonchev–Trinajstić information content (AvgIpc) is 3.34. The Kier molecular flexibility index (Phi) is 7.45. The number of nitrogens with one attached hydrogen (secondary N) is 1. The number of halogens is 5. The highest BCUT2D eigenvalue weighted by Crippen LogP contribution is 2.41. The van der Waals surface area contributed by atoms with Crippen LogP contribution in [0.5, 0.6) is 0 Å². The Morgan fingerprint density at radius 2 is 1.95 bits per heavy atom. The van der Waals surface area contributed by atoms with Crippen LogP contribution in [0.1, 0.15) is 83.6 Å². The minimum atomic E-state index is -4.77. The number of urea groups is 1. The number of aryl methyl sites for hydroxylation is 1. The van der Waals surface area contributed by atoms with E-state index in [-0.39, 0.29) is 48.1 Å². The number of nitrogens with zero attached hydrogens (tertiary/aromatic N) is 7. The Bertz CT molecular complexity index is 1680. The molecule has 0 radical (unpaired) electrons. The predicted molar refractivity (Wildman–Crippen MR) is 142 cm³/mol. The Morgan fingerprint density at radius 1 is 1.23 bits per heavy atom. The van der Waals surface area contributed by atoms with E-state index < -0.39 is 55.2 Å². The zero-order chi connectivity index (χ0) is 31.4. The molecule has 6 rings (SSSR count). The number of aliphatic imine (C=N–C) groups is 1. The van der Waals surface area contributed by atoms with E-state index in [0.717, 1.165) is 17.7 Å². The Labute approximate surface area is 246 Å². The third kappa shape index (κ3) is 5.79. The summed E-state index contributed by atoms with van der Waals surface area (Å²) < 4.78 is 79.5. The summed E-state index contributed by atoms with van der Waals surface area (Å²) in [4.78, 5) is 34.6. The highest BCUT2D eigenvalue weighted by molar-refractivity contribution is 6.05. The van der Waals surface area contributed by atoms with Crippen LogP contribution >= 0.6 is 0 Å². The number of methoxy groups -OCH3 is 1. The highest BCUT2D eigenvalue weighted by Gasteiger charge is 2.44. The van der Waals surface area contributed by atoms with Crippen molar-refractivity contribution in [2.75, 3.05) is 20.3 Å². The third-order valence-corrected chi connectivity index (χ3v) is 7.98. The van der Waals surface area contributed by atoms with Crippen LogP contribution in [-0.4, -0.2) is 79.8 Å². The monoisotopic (exact) mass is 622 g/mol. The first-order valence-electron chi connectivity index (χ1n) is 13.9. The lowest BCUT2D eigenvalue weighted by Crippen LogP contribution is -2.37. The Morgan fingerprint density at radius 3 is 2.59 bits per heavy atom. The fourth-order valence-electron chi connectivity index (χ4n) is 5.48. The van der Waals surface area contributed by atoms with E-state index in [2.05, 4.69) is 30.7 Å². The first-order chi connectivity index (χ1) is 20.8. The summed E-state index contributed by atoms with van der Waals surface area (Å²) in [6, 6.07) is -0.466. The number of amides is 3. The number of imidazole rings is 1. The van der Waals surface area contributed by atoms with Crippen LogP contribution < -0.4 is 5.32 Å². The molecule has 0 bridgehead atoms. The van der Waals surface area contributed by atoms with E-state index in [1.54, 1.807) is 13.0 Å². The van der Waals surface area contributed by atoms with Crippen molar-refractivity contribution in [2.45, 2.75) is 69.5 Å². The summed E-state index contributed by atoms with van der Waals surface area (Å²) in [5.74, 6) is -3.39. The number of carbonyl (C=O) groups excluding carboxylic acids is 2. The van der Waals surface area contributed by atoms with Crippen LogP contribution in [0.3, 0.4) is 0 Å². The molecule has 3 aliphatic rings. The molecule has 1 N–H and O–H groups in total. The van der Waals surface area contributed by atoms with Gasteiger partial charge in [0.2, 0.25) is 5.92 Å². The first kappa shape index (κ1) is 29.8. The molecular weight excluding hydrogens is 595 g/mol. The smallest absolute Gasteiger partial charge is 0.382 e. The van der Waals surface area contributed by atoms with Crippen molar-refractivity contribution in [3.8, 4) is 0 Å². The molecule has 3 aromatic heterocycles. The number of alkyl halides is 5. The molecule has 0 saturated heterocycles. The normalized spacial score (nSPS) is 19.4.